The predicted molar refractivity (Wildman–Crippen MR) is 101 cm³/mol. The third kappa shape index (κ3) is 6.53. The van der Waals surface area contributed by atoms with Crippen LogP contribution >= 0.6 is 0 Å². The Hall–Kier alpha value is -2.67. The molecule has 0 saturated carbocycles. The lowest BCUT2D eigenvalue weighted by Gasteiger charge is -2.35. The van der Waals surface area contributed by atoms with Gasteiger partial charge in [0, 0.05) is 11.2 Å². The topological polar surface area (TPSA) is 67.0 Å². The zero-order chi connectivity index (χ0) is 20.0. The fraction of sp³-hybridized carbons (Fsp3) is 0.400. The van der Waals surface area contributed by atoms with Crippen molar-refractivity contribution in [3.63, 3.8) is 0 Å². The molecule has 0 saturated heterocycles. The lowest BCUT2D eigenvalue weighted by atomic mass is 10.1. The van der Waals surface area contributed by atoms with Gasteiger partial charge in [0.2, 0.25) is 5.91 Å². The summed E-state index contributed by atoms with van der Waals surface area (Å²) < 4.78 is 18.3. The SMILES string of the molecule is C[NH+](CC(=O)N(CC(=O)Nc1ccc(F)cc1)C(C)(C)C)Cc1ccco1. The van der Waals surface area contributed by atoms with E-state index in [1.54, 1.807) is 11.2 Å². The number of carbonyl (C=O) groups excluding carboxylic acids is 2. The highest BCUT2D eigenvalue weighted by molar-refractivity contribution is 5.94. The van der Waals surface area contributed by atoms with Gasteiger partial charge in [-0.3, -0.25) is 9.59 Å². The molecule has 7 heteroatoms. The minimum atomic E-state index is -0.512. The fourth-order valence-corrected chi connectivity index (χ4v) is 2.70. The number of anilines is 1. The van der Waals surface area contributed by atoms with Gasteiger partial charge in [0.1, 0.15) is 18.9 Å². The number of nitrogens with one attached hydrogen (secondary N) is 2. The van der Waals surface area contributed by atoms with Crippen molar-refractivity contribution in [3.8, 4) is 0 Å². The zero-order valence-corrected chi connectivity index (χ0v) is 16.2. The van der Waals surface area contributed by atoms with Crippen LogP contribution in [0.2, 0.25) is 0 Å². The summed E-state index contributed by atoms with van der Waals surface area (Å²) in [6, 6.07) is 9.19. The number of hydrogen-bond donors (Lipinski definition) is 2. The highest BCUT2D eigenvalue weighted by Gasteiger charge is 2.30. The first-order chi connectivity index (χ1) is 12.6. The molecule has 2 N–H and O–H groups in total. The molecule has 2 aromatic rings. The van der Waals surface area contributed by atoms with Crippen molar-refractivity contribution >= 4 is 17.5 Å². The molecule has 1 aromatic heterocycles. The molecule has 1 atom stereocenters. The maximum Gasteiger partial charge on any atom is 0.278 e. The number of hydrogen-bond acceptors (Lipinski definition) is 3. The molecule has 0 aliphatic carbocycles. The summed E-state index contributed by atoms with van der Waals surface area (Å²) in [6.07, 6.45) is 1.60. The Bertz CT molecular complexity index is 752. The Morgan fingerprint density at radius 3 is 2.41 bits per heavy atom. The van der Waals surface area contributed by atoms with E-state index in [9.17, 15) is 14.0 Å². The van der Waals surface area contributed by atoms with Crippen LogP contribution in [0.1, 0.15) is 26.5 Å². The van der Waals surface area contributed by atoms with Gasteiger partial charge in [-0.15, -0.1) is 0 Å². The summed E-state index contributed by atoms with van der Waals surface area (Å²) in [7, 11) is 1.90. The molecular formula is C20H27FN3O3+. The van der Waals surface area contributed by atoms with Gasteiger partial charge < -0.3 is 19.5 Å². The van der Waals surface area contributed by atoms with Crippen LogP contribution < -0.4 is 10.2 Å². The van der Waals surface area contributed by atoms with Crippen molar-refractivity contribution in [2.24, 2.45) is 0 Å². The summed E-state index contributed by atoms with van der Waals surface area (Å²) in [6.45, 7) is 6.40. The average Bonchev–Trinajstić information content (AvgIpc) is 3.06. The third-order valence-electron chi connectivity index (χ3n) is 4.05. The number of quaternary nitrogens is 1. The lowest BCUT2D eigenvalue weighted by molar-refractivity contribution is -0.886. The Labute approximate surface area is 158 Å². The molecule has 0 aliphatic heterocycles. The number of carbonyl (C=O) groups is 2. The molecule has 146 valence electrons. The molecule has 0 spiro atoms. The number of amides is 2. The maximum atomic E-state index is 13.0. The Morgan fingerprint density at radius 2 is 1.85 bits per heavy atom. The van der Waals surface area contributed by atoms with Gasteiger partial charge in [-0.05, 0) is 57.2 Å². The molecule has 2 amide bonds. The van der Waals surface area contributed by atoms with E-state index in [1.807, 2.05) is 40.0 Å². The van der Waals surface area contributed by atoms with E-state index < -0.39 is 5.54 Å². The quantitative estimate of drug-likeness (QED) is 0.773. The smallest absolute Gasteiger partial charge is 0.278 e. The Kier molecular flexibility index (Phi) is 6.74. The predicted octanol–water partition coefficient (Wildman–Crippen LogP) is 1.70. The van der Waals surface area contributed by atoms with Gasteiger partial charge in [-0.2, -0.15) is 0 Å². The summed E-state index contributed by atoms with van der Waals surface area (Å²) in [4.78, 5) is 27.7. The molecule has 0 radical (unpaired) electrons. The van der Waals surface area contributed by atoms with Gasteiger partial charge >= 0.3 is 0 Å². The number of nitrogens with zero attached hydrogens (tertiary/aromatic N) is 1. The number of benzene rings is 1. The Balaban J connectivity index is 1.97. The van der Waals surface area contributed by atoms with Crippen molar-refractivity contribution in [2.75, 3.05) is 25.5 Å². The second-order valence-corrected chi connectivity index (χ2v) is 7.60. The summed E-state index contributed by atoms with van der Waals surface area (Å²) in [5.74, 6) is -0.0203. The van der Waals surface area contributed by atoms with Gasteiger partial charge in [0.25, 0.3) is 5.91 Å². The molecule has 1 aromatic carbocycles. The summed E-state index contributed by atoms with van der Waals surface area (Å²) in [5.41, 5.74) is -0.0226. The number of furan rings is 1. The van der Waals surface area contributed by atoms with Crippen molar-refractivity contribution < 1.29 is 23.3 Å². The normalized spacial score (nSPS) is 12.5. The van der Waals surface area contributed by atoms with Crippen molar-refractivity contribution in [3.05, 3.63) is 54.2 Å². The molecule has 0 fully saturated rings. The van der Waals surface area contributed by atoms with E-state index in [4.69, 9.17) is 4.42 Å². The summed E-state index contributed by atoms with van der Waals surface area (Å²) >= 11 is 0. The van der Waals surface area contributed by atoms with Crippen LogP contribution in [0.4, 0.5) is 10.1 Å². The molecule has 0 bridgehead atoms. The molecule has 0 aliphatic rings. The zero-order valence-electron chi connectivity index (χ0n) is 16.2. The second-order valence-electron chi connectivity index (χ2n) is 7.60. The minimum absolute atomic E-state index is 0.0757. The molecular weight excluding hydrogens is 349 g/mol. The van der Waals surface area contributed by atoms with E-state index >= 15 is 0 Å². The molecule has 1 heterocycles. The monoisotopic (exact) mass is 376 g/mol. The van der Waals surface area contributed by atoms with E-state index in [2.05, 4.69) is 5.32 Å². The van der Waals surface area contributed by atoms with Crippen LogP contribution in [0.3, 0.4) is 0 Å². The largest absolute Gasteiger partial charge is 0.463 e. The Morgan fingerprint density at radius 1 is 1.19 bits per heavy atom. The van der Waals surface area contributed by atoms with E-state index in [1.165, 1.54) is 24.3 Å². The minimum Gasteiger partial charge on any atom is -0.463 e. The van der Waals surface area contributed by atoms with Gasteiger partial charge in [-0.25, -0.2) is 4.39 Å². The fourth-order valence-electron chi connectivity index (χ4n) is 2.70. The first-order valence-electron chi connectivity index (χ1n) is 8.84. The van der Waals surface area contributed by atoms with E-state index in [0.717, 1.165) is 10.7 Å². The maximum absolute atomic E-state index is 13.0. The summed E-state index contributed by atoms with van der Waals surface area (Å²) in [5, 5.41) is 2.69. The third-order valence-corrected chi connectivity index (χ3v) is 4.05. The van der Waals surface area contributed by atoms with Gasteiger partial charge in [-0.1, -0.05) is 0 Å². The van der Waals surface area contributed by atoms with Crippen LogP contribution in [0.25, 0.3) is 0 Å². The van der Waals surface area contributed by atoms with Gasteiger partial charge in [0.05, 0.1) is 13.3 Å². The number of rotatable bonds is 7. The van der Waals surface area contributed by atoms with Crippen LogP contribution in [0, 0.1) is 5.82 Å². The standard InChI is InChI=1S/C20H26FN3O3/c1-20(2,3)24(13-18(25)22-16-9-7-15(21)8-10-16)19(26)14-23(4)12-17-6-5-11-27-17/h5-11H,12-14H2,1-4H3,(H,22,25)/p+1. The van der Waals surface area contributed by atoms with Crippen LogP contribution in [0.5, 0.6) is 0 Å². The van der Waals surface area contributed by atoms with Crippen molar-refractivity contribution in [1.82, 2.24) is 4.90 Å². The molecule has 6 nitrogen and oxygen atoms in total. The number of halogens is 1. The first-order valence-corrected chi connectivity index (χ1v) is 8.84. The van der Waals surface area contributed by atoms with Crippen molar-refractivity contribution in [2.45, 2.75) is 32.9 Å². The first kappa shape index (κ1) is 20.6. The van der Waals surface area contributed by atoms with Crippen molar-refractivity contribution in [1.29, 1.82) is 0 Å². The molecule has 1 unspecified atom stereocenters. The highest BCUT2D eigenvalue weighted by atomic mass is 19.1. The van der Waals surface area contributed by atoms with E-state index in [-0.39, 0.29) is 30.7 Å². The second kappa shape index (κ2) is 8.81. The van der Waals surface area contributed by atoms with Gasteiger partial charge in [0.15, 0.2) is 12.3 Å². The number of likely N-dealkylation sites (N-methyl/N-ethyl adjacent to an activating group) is 1. The highest BCUT2D eigenvalue weighted by Crippen LogP contribution is 2.14. The lowest BCUT2D eigenvalue weighted by Crippen LogP contribution is -3.09. The molecule has 2 rings (SSSR count). The van der Waals surface area contributed by atoms with E-state index in [0.29, 0.717) is 12.2 Å². The van der Waals surface area contributed by atoms with Crippen LogP contribution in [-0.4, -0.2) is 42.4 Å². The average molecular weight is 376 g/mol. The van der Waals surface area contributed by atoms with Crippen LogP contribution in [-0.2, 0) is 16.1 Å². The molecule has 27 heavy (non-hydrogen) atoms. The van der Waals surface area contributed by atoms with Crippen LogP contribution in [0.15, 0.2) is 47.1 Å².